The van der Waals surface area contributed by atoms with Crippen LogP contribution in [-0.4, -0.2) is 42.4 Å². The van der Waals surface area contributed by atoms with Crippen molar-refractivity contribution >= 4 is 17.8 Å². The average Bonchev–Trinajstić information content (AvgIpc) is 3.03. The van der Waals surface area contributed by atoms with Crippen LogP contribution >= 0.6 is 0 Å². The van der Waals surface area contributed by atoms with Crippen LogP contribution < -0.4 is 0 Å². The first kappa shape index (κ1) is 16.0. The second-order valence-corrected chi connectivity index (χ2v) is 5.11. The molecule has 1 aliphatic heterocycles. The zero-order chi connectivity index (χ0) is 15.9. The van der Waals surface area contributed by atoms with Crippen molar-refractivity contribution in [2.45, 2.75) is 31.9 Å². The lowest BCUT2D eigenvalue weighted by molar-refractivity contribution is -0.144. The molecule has 1 fully saturated rings. The van der Waals surface area contributed by atoms with Crippen LogP contribution in [0.25, 0.3) is 0 Å². The van der Waals surface area contributed by atoms with Gasteiger partial charge in [-0.05, 0) is 18.4 Å². The zero-order valence-corrected chi connectivity index (χ0v) is 12.5. The molecule has 1 unspecified atom stereocenters. The molecule has 0 bridgehead atoms. The number of nitrogens with zero attached hydrogens (tertiary/aromatic N) is 1. The SMILES string of the molecule is COC(=O)CC(=O)C1CCCN1C(=O)OCc1ccccc1. The molecule has 6 heteroatoms. The minimum absolute atomic E-state index is 0.161. The van der Waals surface area contributed by atoms with Gasteiger partial charge in [-0.1, -0.05) is 30.3 Å². The minimum Gasteiger partial charge on any atom is -0.469 e. The van der Waals surface area contributed by atoms with Crippen molar-refractivity contribution in [3.63, 3.8) is 0 Å². The number of hydrogen-bond acceptors (Lipinski definition) is 5. The summed E-state index contributed by atoms with van der Waals surface area (Å²) in [4.78, 5) is 36.8. The molecular weight excluding hydrogens is 286 g/mol. The summed E-state index contributed by atoms with van der Waals surface area (Å²) in [6.45, 7) is 0.624. The number of benzene rings is 1. The Hall–Kier alpha value is -2.37. The zero-order valence-electron chi connectivity index (χ0n) is 12.5. The number of ketones is 1. The van der Waals surface area contributed by atoms with E-state index in [1.807, 2.05) is 30.3 Å². The molecule has 1 atom stereocenters. The predicted molar refractivity (Wildman–Crippen MR) is 78.0 cm³/mol. The van der Waals surface area contributed by atoms with Gasteiger partial charge in [0.05, 0.1) is 13.2 Å². The fourth-order valence-corrected chi connectivity index (χ4v) is 2.45. The van der Waals surface area contributed by atoms with Gasteiger partial charge in [0.1, 0.15) is 13.0 Å². The highest BCUT2D eigenvalue weighted by Gasteiger charge is 2.35. The molecule has 1 aromatic rings. The fourth-order valence-electron chi connectivity index (χ4n) is 2.45. The van der Waals surface area contributed by atoms with Gasteiger partial charge in [-0.25, -0.2) is 4.79 Å². The standard InChI is InChI=1S/C16H19NO5/c1-21-15(19)10-14(18)13-8-5-9-17(13)16(20)22-11-12-6-3-2-4-7-12/h2-4,6-7,13H,5,8-11H2,1H3. The van der Waals surface area contributed by atoms with Crippen molar-refractivity contribution in [3.8, 4) is 0 Å². The molecule has 118 valence electrons. The van der Waals surface area contributed by atoms with Crippen LogP contribution in [-0.2, 0) is 25.7 Å². The fraction of sp³-hybridized carbons (Fsp3) is 0.438. The summed E-state index contributed by atoms with van der Waals surface area (Å²) in [5, 5.41) is 0. The van der Waals surface area contributed by atoms with Gasteiger partial charge in [0.15, 0.2) is 5.78 Å². The molecule has 1 amide bonds. The van der Waals surface area contributed by atoms with E-state index < -0.39 is 18.1 Å². The molecule has 1 aliphatic rings. The lowest BCUT2D eigenvalue weighted by Crippen LogP contribution is -2.41. The number of esters is 1. The van der Waals surface area contributed by atoms with Crippen LogP contribution in [0.2, 0.25) is 0 Å². The van der Waals surface area contributed by atoms with Crippen molar-refractivity contribution in [3.05, 3.63) is 35.9 Å². The first-order valence-electron chi connectivity index (χ1n) is 7.18. The van der Waals surface area contributed by atoms with Crippen molar-refractivity contribution in [1.29, 1.82) is 0 Å². The normalized spacial score (nSPS) is 17.1. The Labute approximate surface area is 129 Å². The number of carbonyl (C=O) groups excluding carboxylic acids is 3. The van der Waals surface area contributed by atoms with E-state index in [0.29, 0.717) is 13.0 Å². The van der Waals surface area contributed by atoms with Crippen LogP contribution in [0.1, 0.15) is 24.8 Å². The average molecular weight is 305 g/mol. The molecule has 22 heavy (non-hydrogen) atoms. The summed E-state index contributed by atoms with van der Waals surface area (Å²) in [5.41, 5.74) is 0.882. The maximum absolute atomic E-state index is 12.1. The predicted octanol–water partition coefficient (Wildman–Crippen LogP) is 1.92. The van der Waals surface area contributed by atoms with Gasteiger partial charge in [0, 0.05) is 6.54 Å². The van der Waals surface area contributed by atoms with Gasteiger partial charge >= 0.3 is 12.1 Å². The lowest BCUT2D eigenvalue weighted by Gasteiger charge is -2.22. The van der Waals surface area contributed by atoms with E-state index in [2.05, 4.69) is 4.74 Å². The Morgan fingerprint density at radius 2 is 1.95 bits per heavy atom. The molecule has 0 saturated carbocycles. The highest BCUT2D eigenvalue weighted by atomic mass is 16.6. The number of amides is 1. The third kappa shape index (κ3) is 4.07. The van der Waals surface area contributed by atoms with E-state index in [0.717, 1.165) is 12.0 Å². The quantitative estimate of drug-likeness (QED) is 0.614. The summed E-state index contributed by atoms with van der Waals surface area (Å²) in [7, 11) is 1.23. The molecule has 1 saturated heterocycles. The van der Waals surface area contributed by atoms with E-state index in [1.165, 1.54) is 12.0 Å². The molecule has 2 rings (SSSR count). The van der Waals surface area contributed by atoms with Crippen LogP contribution in [0, 0.1) is 0 Å². The summed E-state index contributed by atoms with van der Waals surface area (Å²) in [6, 6.07) is 8.73. The molecule has 1 heterocycles. The van der Waals surface area contributed by atoms with Crippen LogP contribution in [0.4, 0.5) is 4.79 Å². The number of rotatable bonds is 5. The Kier molecular flexibility index (Phi) is 5.52. The van der Waals surface area contributed by atoms with Crippen LogP contribution in [0.3, 0.4) is 0 Å². The molecule has 0 radical (unpaired) electrons. The van der Waals surface area contributed by atoms with E-state index in [9.17, 15) is 14.4 Å². The summed E-state index contributed by atoms with van der Waals surface area (Å²) in [6.07, 6.45) is 0.433. The smallest absolute Gasteiger partial charge is 0.410 e. The Morgan fingerprint density at radius 1 is 1.23 bits per heavy atom. The molecule has 0 aromatic heterocycles. The van der Waals surface area contributed by atoms with Crippen molar-refractivity contribution in [1.82, 2.24) is 4.90 Å². The molecule has 0 N–H and O–H groups in total. The minimum atomic E-state index is -0.595. The van der Waals surface area contributed by atoms with E-state index in [4.69, 9.17) is 4.74 Å². The topological polar surface area (TPSA) is 72.9 Å². The molecular formula is C16H19NO5. The number of carbonyl (C=O) groups is 3. The highest BCUT2D eigenvalue weighted by Crippen LogP contribution is 2.20. The summed E-state index contributed by atoms with van der Waals surface area (Å²) in [5.74, 6) is -0.893. The van der Waals surface area contributed by atoms with Crippen LogP contribution in [0.5, 0.6) is 0 Å². The second-order valence-electron chi connectivity index (χ2n) is 5.11. The number of likely N-dealkylation sites (tertiary alicyclic amines) is 1. The van der Waals surface area contributed by atoms with Gasteiger partial charge in [-0.15, -0.1) is 0 Å². The highest BCUT2D eigenvalue weighted by molar-refractivity contribution is 5.99. The monoisotopic (exact) mass is 305 g/mol. The second kappa shape index (κ2) is 7.59. The number of Topliss-reactive ketones (excluding diaryl/α,β-unsaturated/α-hetero) is 1. The van der Waals surface area contributed by atoms with Gasteiger partial charge in [-0.3, -0.25) is 14.5 Å². The van der Waals surface area contributed by atoms with Crippen LogP contribution in [0.15, 0.2) is 30.3 Å². The van der Waals surface area contributed by atoms with Gasteiger partial charge in [0.25, 0.3) is 0 Å². The van der Waals surface area contributed by atoms with Crippen molar-refractivity contribution in [2.75, 3.05) is 13.7 Å². The Morgan fingerprint density at radius 3 is 2.64 bits per heavy atom. The maximum atomic E-state index is 12.1. The van der Waals surface area contributed by atoms with E-state index >= 15 is 0 Å². The number of ether oxygens (including phenoxy) is 2. The van der Waals surface area contributed by atoms with Crippen molar-refractivity contribution < 1.29 is 23.9 Å². The number of hydrogen-bond donors (Lipinski definition) is 0. The maximum Gasteiger partial charge on any atom is 0.410 e. The van der Waals surface area contributed by atoms with E-state index in [1.54, 1.807) is 0 Å². The largest absolute Gasteiger partial charge is 0.469 e. The first-order valence-corrected chi connectivity index (χ1v) is 7.18. The van der Waals surface area contributed by atoms with Gasteiger partial charge < -0.3 is 9.47 Å². The third-order valence-electron chi connectivity index (χ3n) is 3.61. The van der Waals surface area contributed by atoms with Gasteiger partial charge in [0.2, 0.25) is 0 Å². The lowest BCUT2D eigenvalue weighted by atomic mass is 10.1. The first-order chi connectivity index (χ1) is 10.6. The van der Waals surface area contributed by atoms with E-state index in [-0.39, 0.29) is 18.8 Å². The molecule has 0 aliphatic carbocycles. The van der Waals surface area contributed by atoms with Crippen molar-refractivity contribution in [2.24, 2.45) is 0 Å². The Bertz CT molecular complexity index is 543. The Balaban J connectivity index is 1.90. The third-order valence-corrected chi connectivity index (χ3v) is 3.61. The van der Waals surface area contributed by atoms with Gasteiger partial charge in [-0.2, -0.15) is 0 Å². The molecule has 6 nitrogen and oxygen atoms in total. The summed E-state index contributed by atoms with van der Waals surface area (Å²) >= 11 is 0. The number of methoxy groups -OCH3 is 1. The molecule has 1 aromatic carbocycles. The summed E-state index contributed by atoms with van der Waals surface area (Å²) < 4.78 is 9.73. The molecule has 0 spiro atoms.